The highest BCUT2D eigenvalue weighted by atomic mass is 16.6. The van der Waals surface area contributed by atoms with E-state index in [0.29, 0.717) is 24.3 Å². The van der Waals surface area contributed by atoms with Crippen LogP contribution in [0.5, 0.6) is 5.75 Å². The molecule has 2 aromatic rings. The molecular weight excluding hydrogens is 462 g/mol. The number of esters is 2. The van der Waals surface area contributed by atoms with E-state index in [0.717, 1.165) is 11.1 Å². The van der Waals surface area contributed by atoms with Crippen molar-refractivity contribution < 1.29 is 33.3 Å². The van der Waals surface area contributed by atoms with Gasteiger partial charge in [-0.15, -0.1) is 0 Å². The third-order valence-corrected chi connectivity index (χ3v) is 5.56. The fraction of sp³-hybridized carbons (Fsp3) is 0.464. The van der Waals surface area contributed by atoms with Gasteiger partial charge < -0.3 is 18.9 Å². The molecule has 8 heteroatoms. The predicted octanol–water partition coefficient (Wildman–Crippen LogP) is 4.98. The van der Waals surface area contributed by atoms with Crippen LogP contribution >= 0.6 is 0 Å². The zero-order valence-corrected chi connectivity index (χ0v) is 21.8. The number of rotatable bonds is 7. The van der Waals surface area contributed by atoms with Crippen LogP contribution in [0.4, 0.5) is 4.79 Å². The van der Waals surface area contributed by atoms with Gasteiger partial charge in [-0.2, -0.15) is 0 Å². The van der Waals surface area contributed by atoms with Gasteiger partial charge in [-0.25, -0.2) is 14.4 Å². The molecule has 0 aliphatic carbocycles. The molecule has 1 aliphatic rings. The number of benzene rings is 2. The van der Waals surface area contributed by atoms with E-state index in [9.17, 15) is 14.4 Å². The van der Waals surface area contributed by atoms with Gasteiger partial charge in [-0.05, 0) is 76.8 Å². The van der Waals surface area contributed by atoms with Crippen LogP contribution in [0.25, 0.3) is 0 Å². The Morgan fingerprint density at radius 1 is 0.972 bits per heavy atom. The van der Waals surface area contributed by atoms with Crippen molar-refractivity contribution >= 4 is 18.0 Å². The van der Waals surface area contributed by atoms with E-state index in [1.165, 1.54) is 4.90 Å². The van der Waals surface area contributed by atoms with Crippen LogP contribution in [0.3, 0.4) is 0 Å². The summed E-state index contributed by atoms with van der Waals surface area (Å²) in [5.74, 6) is -0.705. The molecule has 1 aliphatic heterocycles. The lowest BCUT2D eigenvalue weighted by atomic mass is 9.92. The minimum Gasteiger partial charge on any atom is -0.476 e. The molecule has 3 rings (SSSR count). The molecule has 1 heterocycles. The van der Waals surface area contributed by atoms with E-state index < -0.39 is 35.3 Å². The van der Waals surface area contributed by atoms with Gasteiger partial charge in [-0.1, -0.05) is 36.4 Å². The summed E-state index contributed by atoms with van der Waals surface area (Å²) in [6.07, 6.45) is -0.0773. The van der Waals surface area contributed by atoms with Crippen molar-refractivity contribution in [2.45, 2.75) is 71.8 Å². The number of hydrogen-bond acceptors (Lipinski definition) is 7. The highest BCUT2D eigenvalue weighted by molar-refractivity contribution is 5.84. The van der Waals surface area contributed by atoms with Crippen molar-refractivity contribution in [1.29, 1.82) is 0 Å². The van der Waals surface area contributed by atoms with Gasteiger partial charge in [0.05, 0.1) is 6.61 Å². The molecule has 0 saturated carbocycles. The standard InChI is InChI=1S/C28H35NO7/c1-7-33-25(31)28(5,6)35-21-14-13-20-15-16-29(26(32)36-27(2,3)4)23(22(20)17-21)24(30)34-18-19-11-9-8-10-12-19/h8-14,17,23H,7,15-16,18H2,1-6H3. The van der Waals surface area contributed by atoms with Gasteiger partial charge in [0.15, 0.2) is 11.6 Å². The van der Waals surface area contributed by atoms with Crippen molar-refractivity contribution in [3.8, 4) is 5.75 Å². The van der Waals surface area contributed by atoms with Crippen molar-refractivity contribution in [2.24, 2.45) is 0 Å². The Bertz CT molecular complexity index is 1090. The summed E-state index contributed by atoms with van der Waals surface area (Å²) < 4.78 is 22.3. The fourth-order valence-electron chi connectivity index (χ4n) is 3.88. The number of nitrogens with zero attached hydrogens (tertiary/aromatic N) is 1. The molecule has 1 unspecified atom stereocenters. The molecule has 0 saturated heterocycles. The number of hydrogen-bond donors (Lipinski definition) is 0. The summed E-state index contributed by atoms with van der Waals surface area (Å²) in [5, 5.41) is 0. The van der Waals surface area contributed by atoms with Gasteiger partial charge >= 0.3 is 18.0 Å². The number of carbonyl (C=O) groups is 3. The Kier molecular flexibility index (Phi) is 8.28. The van der Waals surface area contributed by atoms with E-state index in [2.05, 4.69) is 0 Å². The van der Waals surface area contributed by atoms with E-state index in [4.69, 9.17) is 18.9 Å². The quantitative estimate of drug-likeness (QED) is 0.393. The van der Waals surface area contributed by atoms with Crippen LogP contribution in [0.15, 0.2) is 48.5 Å². The molecule has 0 bridgehead atoms. The molecule has 0 aromatic heterocycles. The zero-order chi connectivity index (χ0) is 26.5. The highest BCUT2D eigenvalue weighted by Gasteiger charge is 2.40. The highest BCUT2D eigenvalue weighted by Crippen LogP contribution is 2.35. The summed E-state index contributed by atoms with van der Waals surface area (Å²) >= 11 is 0. The van der Waals surface area contributed by atoms with Crippen LogP contribution in [-0.2, 0) is 36.8 Å². The summed E-state index contributed by atoms with van der Waals surface area (Å²) in [6.45, 7) is 10.9. The molecule has 1 atom stereocenters. The normalized spacial score (nSPS) is 15.5. The summed E-state index contributed by atoms with van der Waals surface area (Å²) in [6, 6.07) is 13.6. The molecule has 1 amide bonds. The maximum Gasteiger partial charge on any atom is 0.411 e. The Hall–Kier alpha value is -3.55. The van der Waals surface area contributed by atoms with Crippen molar-refractivity contribution in [1.82, 2.24) is 4.90 Å². The van der Waals surface area contributed by atoms with Gasteiger partial charge in [0.1, 0.15) is 18.0 Å². The number of ether oxygens (including phenoxy) is 4. The lowest BCUT2D eigenvalue weighted by molar-refractivity contribution is -0.158. The zero-order valence-electron chi connectivity index (χ0n) is 21.8. The number of carbonyl (C=O) groups excluding carboxylic acids is 3. The first-order chi connectivity index (χ1) is 16.9. The van der Waals surface area contributed by atoms with Gasteiger partial charge in [0, 0.05) is 6.54 Å². The van der Waals surface area contributed by atoms with Crippen LogP contribution < -0.4 is 4.74 Å². The molecule has 2 aromatic carbocycles. The largest absolute Gasteiger partial charge is 0.476 e. The summed E-state index contributed by atoms with van der Waals surface area (Å²) in [5.41, 5.74) is 0.316. The molecule has 0 radical (unpaired) electrons. The number of fused-ring (bicyclic) bond motifs is 1. The smallest absolute Gasteiger partial charge is 0.411 e. The monoisotopic (exact) mass is 497 g/mol. The lowest BCUT2D eigenvalue weighted by Crippen LogP contribution is -2.46. The second kappa shape index (κ2) is 11.0. The Morgan fingerprint density at radius 3 is 2.31 bits per heavy atom. The molecule has 36 heavy (non-hydrogen) atoms. The van der Waals surface area contributed by atoms with E-state index >= 15 is 0 Å². The van der Waals surface area contributed by atoms with Gasteiger partial charge in [0.2, 0.25) is 0 Å². The van der Waals surface area contributed by atoms with Crippen molar-refractivity contribution in [2.75, 3.05) is 13.2 Å². The first-order valence-corrected chi connectivity index (χ1v) is 12.1. The topological polar surface area (TPSA) is 91.4 Å². The summed E-state index contributed by atoms with van der Waals surface area (Å²) in [4.78, 5) is 40.2. The third kappa shape index (κ3) is 6.77. The molecule has 0 fully saturated rings. The third-order valence-electron chi connectivity index (χ3n) is 5.56. The average molecular weight is 498 g/mol. The average Bonchev–Trinajstić information content (AvgIpc) is 2.81. The maximum atomic E-state index is 13.4. The van der Waals surface area contributed by atoms with Crippen molar-refractivity contribution in [3.63, 3.8) is 0 Å². The van der Waals surface area contributed by atoms with Crippen molar-refractivity contribution in [3.05, 3.63) is 65.2 Å². The molecule has 0 spiro atoms. The van der Waals surface area contributed by atoms with Crippen LogP contribution in [0.2, 0.25) is 0 Å². The van der Waals surface area contributed by atoms with Crippen LogP contribution in [-0.4, -0.2) is 47.3 Å². The van der Waals surface area contributed by atoms with E-state index in [-0.39, 0.29) is 13.2 Å². The molecule has 194 valence electrons. The Labute approximate surface area is 212 Å². The minimum atomic E-state index is -1.24. The number of amides is 1. The predicted molar refractivity (Wildman–Crippen MR) is 133 cm³/mol. The second-order valence-electron chi connectivity index (χ2n) is 10.1. The molecular formula is C28H35NO7. The maximum absolute atomic E-state index is 13.4. The van der Waals surface area contributed by atoms with Crippen LogP contribution in [0, 0.1) is 0 Å². The lowest BCUT2D eigenvalue weighted by Gasteiger charge is -2.37. The SMILES string of the molecule is CCOC(=O)C(C)(C)Oc1ccc2c(c1)C(C(=O)OCc1ccccc1)N(C(=O)OC(C)(C)C)CC2. The minimum absolute atomic E-state index is 0.0692. The van der Waals surface area contributed by atoms with E-state index in [1.54, 1.807) is 53.7 Å². The first-order valence-electron chi connectivity index (χ1n) is 12.1. The first kappa shape index (κ1) is 27.0. The van der Waals surface area contributed by atoms with E-state index in [1.807, 2.05) is 36.4 Å². The molecule has 0 N–H and O–H groups in total. The molecule has 8 nitrogen and oxygen atoms in total. The Balaban J connectivity index is 1.93. The van der Waals surface area contributed by atoms with Gasteiger partial charge in [-0.3, -0.25) is 4.90 Å². The summed E-state index contributed by atoms with van der Waals surface area (Å²) in [7, 11) is 0. The van der Waals surface area contributed by atoms with Crippen LogP contribution in [0.1, 0.15) is 64.3 Å². The Morgan fingerprint density at radius 2 is 1.67 bits per heavy atom. The van der Waals surface area contributed by atoms with Gasteiger partial charge in [0.25, 0.3) is 0 Å². The fourth-order valence-corrected chi connectivity index (χ4v) is 3.88. The second-order valence-corrected chi connectivity index (χ2v) is 10.1.